The summed E-state index contributed by atoms with van der Waals surface area (Å²) in [7, 11) is 0. The zero-order chi connectivity index (χ0) is 17.1. The van der Waals surface area contributed by atoms with Gasteiger partial charge in [-0.15, -0.1) is 0 Å². The van der Waals surface area contributed by atoms with Crippen molar-refractivity contribution in [2.45, 2.75) is 6.17 Å². The molecule has 1 unspecified atom stereocenters. The molecular weight excluding hydrogens is 332 g/mol. The monoisotopic (exact) mass is 344 g/mol. The summed E-state index contributed by atoms with van der Waals surface area (Å²) in [6.45, 7) is 0. The van der Waals surface area contributed by atoms with Crippen LogP contribution in [0.3, 0.4) is 0 Å². The summed E-state index contributed by atoms with van der Waals surface area (Å²) in [6.07, 6.45) is 0.749. The van der Waals surface area contributed by atoms with Crippen molar-refractivity contribution in [3.63, 3.8) is 0 Å². The van der Waals surface area contributed by atoms with E-state index >= 15 is 0 Å². The van der Waals surface area contributed by atoms with Crippen molar-refractivity contribution in [2.75, 3.05) is 11.1 Å². The van der Waals surface area contributed by atoms with E-state index in [2.05, 4.69) is 25.9 Å². The molecule has 0 spiro atoms. The van der Waals surface area contributed by atoms with Crippen LogP contribution in [0, 0.1) is 0 Å². The number of carbonyl (C=O) groups is 3. The minimum atomic E-state index is -0.620. The topological polar surface area (TPSA) is 138 Å². The Morgan fingerprint density at radius 1 is 1.29 bits per heavy atom. The van der Waals surface area contributed by atoms with E-state index in [4.69, 9.17) is 5.73 Å². The van der Waals surface area contributed by atoms with Crippen molar-refractivity contribution in [3.05, 3.63) is 41.6 Å². The molecule has 3 amide bonds. The smallest absolute Gasteiger partial charge is 0.258 e. The van der Waals surface area contributed by atoms with Gasteiger partial charge in [0.1, 0.15) is 0 Å². The Balaban J connectivity index is 1.54. The van der Waals surface area contributed by atoms with Gasteiger partial charge in [0.25, 0.3) is 5.91 Å². The fourth-order valence-corrected chi connectivity index (χ4v) is 2.67. The van der Waals surface area contributed by atoms with E-state index in [9.17, 15) is 14.4 Å². The van der Waals surface area contributed by atoms with Crippen LogP contribution in [0.5, 0.6) is 0 Å². The molecule has 0 aliphatic carbocycles. The molecule has 0 aromatic heterocycles. The number of primary amides is 1. The van der Waals surface area contributed by atoms with E-state index in [0.717, 1.165) is 11.8 Å². The van der Waals surface area contributed by atoms with Gasteiger partial charge in [-0.3, -0.25) is 14.4 Å². The van der Waals surface area contributed by atoms with Crippen molar-refractivity contribution in [2.24, 2.45) is 21.0 Å². The first kappa shape index (κ1) is 15.9. The van der Waals surface area contributed by atoms with Crippen molar-refractivity contribution >= 4 is 40.3 Å². The second-order valence-electron chi connectivity index (χ2n) is 4.86. The number of nitrogens with two attached hydrogens (primary N) is 1. The SMILES string of the molecule is NC(=O)c1ccc(NC(=O)CSC2=NC3N=NC=C3C(=O)N2)cc1. The summed E-state index contributed by atoms with van der Waals surface area (Å²) in [5, 5.41) is 13.0. The highest BCUT2D eigenvalue weighted by atomic mass is 32.2. The number of aliphatic imine (C=N–C) groups is 1. The normalized spacial score (nSPS) is 18.3. The highest BCUT2D eigenvalue weighted by Crippen LogP contribution is 2.22. The molecule has 9 nitrogen and oxygen atoms in total. The largest absolute Gasteiger partial charge is 0.366 e. The second kappa shape index (κ2) is 6.62. The Morgan fingerprint density at radius 3 is 2.75 bits per heavy atom. The van der Waals surface area contributed by atoms with Crippen molar-refractivity contribution in [3.8, 4) is 0 Å². The zero-order valence-corrected chi connectivity index (χ0v) is 13.0. The van der Waals surface area contributed by atoms with Crippen LogP contribution in [-0.4, -0.2) is 34.8 Å². The average Bonchev–Trinajstić information content (AvgIpc) is 3.02. The molecule has 4 N–H and O–H groups in total. The molecule has 0 radical (unpaired) electrons. The van der Waals surface area contributed by atoms with Crippen LogP contribution in [-0.2, 0) is 9.59 Å². The number of rotatable bonds is 4. The first-order valence-corrected chi connectivity index (χ1v) is 7.83. The third-order valence-electron chi connectivity index (χ3n) is 3.17. The fraction of sp³-hybridized carbons (Fsp3) is 0.143. The number of hydrogen-bond acceptors (Lipinski definition) is 7. The second-order valence-corrected chi connectivity index (χ2v) is 5.82. The van der Waals surface area contributed by atoms with E-state index in [0.29, 0.717) is 22.0 Å². The summed E-state index contributed by atoms with van der Waals surface area (Å²) in [6, 6.07) is 6.21. The maximum absolute atomic E-state index is 11.9. The number of fused-ring (bicyclic) bond motifs is 1. The third-order valence-corrected chi connectivity index (χ3v) is 4.05. The number of amides is 3. The Bertz CT molecular complexity index is 799. The van der Waals surface area contributed by atoms with Gasteiger partial charge >= 0.3 is 0 Å². The lowest BCUT2D eigenvalue weighted by atomic mass is 10.2. The van der Waals surface area contributed by atoms with Gasteiger partial charge in [-0.2, -0.15) is 10.2 Å². The summed E-state index contributed by atoms with van der Waals surface area (Å²) in [5.74, 6) is -1.07. The number of hydrogen-bond donors (Lipinski definition) is 3. The number of anilines is 1. The number of azo groups is 1. The first-order chi connectivity index (χ1) is 11.5. The minimum absolute atomic E-state index is 0.0552. The van der Waals surface area contributed by atoms with Crippen molar-refractivity contribution < 1.29 is 14.4 Å². The summed E-state index contributed by atoms with van der Waals surface area (Å²) in [5.41, 5.74) is 6.43. The van der Waals surface area contributed by atoms with Crippen LogP contribution >= 0.6 is 11.8 Å². The molecule has 24 heavy (non-hydrogen) atoms. The summed E-state index contributed by atoms with van der Waals surface area (Å²) in [4.78, 5) is 38.9. The van der Waals surface area contributed by atoms with Gasteiger partial charge < -0.3 is 16.4 Å². The molecule has 1 aromatic rings. The predicted octanol–water partition coefficient (Wildman–Crippen LogP) is 0.619. The maximum atomic E-state index is 11.9. The van der Waals surface area contributed by atoms with E-state index in [-0.39, 0.29) is 17.6 Å². The maximum Gasteiger partial charge on any atom is 0.258 e. The zero-order valence-electron chi connectivity index (χ0n) is 12.2. The van der Waals surface area contributed by atoms with Gasteiger partial charge in [0, 0.05) is 11.3 Å². The third kappa shape index (κ3) is 3.49. The van der Waals surface area contributed by atoms with Crippen LogP contribution < -0.4 is 16.4 Å². The average molecular weight is 344 g/mol. The van der Waals surface area contributed by atoms with Crippen molar-refractivity contribution in [1.82, 2.24) is 5.32 Å². The molecule has 1 aromatic carbocycles. The van der Waals surface area contributed by atoms with Gasteiger partial charge in [0.05, 0.1) is 17.5 Å². The molecule has 10 heteroatoms. The molecule has 1 atom stereocenters. The number of thioether (sulfide) groups is 1. The Morgan fingerprint density at radius 2 is 2.04 bits per heavy atom. The number of nitrogens with one attached hydrogen (secondary N) is 2. The molecule has 0 saturated carbocycles. The van der Waals surface area contributed by atoms with Crippen molar-refractivity contribution in [1.29, 1.82) is 0 Å². The lowest BCUT2D eigenvalue weighted by molar-refractivity contribution is -0.116. The van der Waals surface area contributed by atoms with Gasteiger partial charge in [0.15, 0.2) is 11.3 Å². The number of carbonyl (C=O) groups excluding carboxylic acids is 3. The highest BCUT2D eigenvalue weighted by molar-refractivity contribution is 8.14. The van der Waals surface area contributed by atoms with Gasteiger partial charge in [-0.25, -0.2) is 4.99 Å². The van der Waals surface area contributed by atoms with E-state index in [1.54, 1.807) is 12.1 Å². The minimum Gasteiger partial charge on any atom is -0.366 e. The van der Waals surface area contributed by atoms with Gasteiger partial charge in [0.2, 0.25) is 11.8 Å². The van der Waals surface area contributed by atoms with E-state index in [1.807, 2.05) is 0 Å². The molecular formula is C14H12N6O3S. The predicted molar refractivity (Wildman–Crippen MR) is 88.4 cm³/mol. The lowest BCUT2D eigenvalue weighted by Gasteiger charge is -2.16. The van der Waals surface area contributed by atoms with Crippen LogP contribution in [0.15, 0.2) is 51.3 Å². The quantitative estimate of drug-likeness (QED) is 0.737. The number of nitrogens with zero attached hydrogens (tertiary/aromatic N) is 3. The standard InChI is InChI=1S/C14H12N6O3S/c15-11(22)7-1-3-8(4-2-7)17-10(21)6-24-14-18-12-9(5-16-20-12)13(23)19-14/h1-5,12H,6H2,(H2,15,22)(H,17,21)(H,18,19,23). The number of amidine groups is 1. The molecule has 0 fully saturated rings. The van der Waals surface area contributed by atoms with Crippen LogP contribution in [0.25, 0.3) is 0 Å². The molecule has 122 valence electrons. The molecule has 3 rings (SSSR count). The molecule has 2 aliphatic rings. The molecule has 2 heterocycles. The van der Waals surface area contributed by atoms with E-state index < -0.39 is 12.1 Å². The lowest BCUT2D eigenvalue weighted by Crippen LogP contribution is -2.38. The molecule has 2 aliphatic heterocycles. The van der Waals surface area contributed by atoms with Crippen LogP contribution in [0.2, 0.25) is 0 Å². The summed E-state index contributed by atoms with van der Waals surface area (Å²) < 4.78 is 0. The Kier molecular flexibility index (Phi) is 4.38. The van der Waals surface area contributed by atoms with Crippen LogP contribution in [0.4, 0.5) is 5.69 Å². The number of benzene rings is 1. The molecule has 0 saturated heterocycles. The van der Waals surface area contributed by atoms with Gasteiger partial charge in [-0.05, 0) is 24.3 Å². The van der Waals surface area contributed by atoms with Gasteiger partial charge in [-0.1, -0.05) is 11.8 Å². The highest BCUT2D eigenvalue weighted by Gasteiger charge is 2.29. The first-order valence-electron chi connectivity index (χ1n) is 6.84. The van der Waals surface area contributed by atoms with E-state index in [1.165, 1.54) is 18.3 Å². The summed E-state index contributed by atoms with van der Waals surface area (Å²) >= 11 is 1.09. The Labute approximate surface area is 140 Å². The fourth-order valence-electron chi connectivity index (χ4n) is 1.99. The molecule has 0 bridgehead atoms. The van der Waals surface area contributed by atoms with Crippen LogP contribution in [0.1, 0.15) is 10.4 Å². The Hall–Kier alpha value is -3.01.